The average molecular weight is 264 g/mol. The minimum absolute atomic E-state index is 0.910. The predicted molar refractivity (Wildman–Crippen MR) is 85.1 cm³/mol. The highest BCUT2D eigenvalue weighted by molar-refractivity contribution is 5.85. The fourth-order valence-corrected chi connectivity index (χ4v) is 2.36. The first-order valence-corrected chi connectivity index (χ1v) is 6.75. The maximum absolute atomic E-state index is 6.04. The molecule has 0 fully saturated rings. The van der Waals surface area contributed by atoms with Crippen LogP contribution < -0.4 is 4.90 Å². The Morgan fingerprint density at radius 1 is 0.900 bits per heavy atom. The van der Waals surface area contributed by atoms with Gasteiger partial charge in [0, 0.05) is 31.9 Å². The number of anilines is 1. The van der Waals surface area contributed by atoms with E-state index in [0.717, 1.165) is 22.3 Å². The average Bonchev–Trinajstić information content (AvgIpc) is 2.47. The summed E-state index contributed by atoms with van der Waals surface area (Å²) in [4.78, 5) is 2.10. The van der Waals surface area contributed by atoms with Gasteiger partial charge in [0.15, 0.2) is 0 Å². The Hall–Kier alpha value is -2.35. The second-order valence-electron chi connectivity index (χ2n) is 5.23. The lowest BCUT2D eigenvalue weighted by atomic mass is 10.1. The minimum Gasteiger partial charge on any atom is -0.378 e. The maximum Gasteiger partial charge on any atom is 0.361 e. The van der Waals surface area contributed by atoms with Gasteiger partial charge in [0.2, 0.25) is 0 Å². The first-order chi connectivity index (χ1) is 9.65. The van der Waals surface area contributed by atoms with E-state index in [2.05, 4.69) is 42.2 Å². The van der Waals surface area contributed by atoms with Crippen LogP contribution in [0.1, 0.15) is 5.56 Å². The summed E-state index contributed by atoms with van der Waals surface area (Å²) < 4.78 is 6.04. The summed E-state index contributed by atoms with van der Waals surface area (Å²) in [5.41, 5.74) is 4.45. The molecule has 0 radical (unpaired) electrons. The molecule has 0 aliphatic heterocycles. The van der Waals surface area contributed by atoms with E-state index in [1.54, 1.807) is 0 Å². The maximum atomic E-state index is 6.04. The van der Waals surface area contributed by atoms with Gasteiger partial charge in [-0.1, -0.05) is 18.2 Å². The van der Waals surface area contributed by atoms with Crippen LogP contribution in [0.4, 0.5) is 5.69 Å². The van der Waals surface area contributed by atoms with Crippen LogP contribution in [0.25, 0.3) is 22.3 Å². The van der Waals surface area contributed by atoms with E-state index in [4.69, 9.17) is 4.42 Å². The van der Waals surface area contributed by atoms with Crippen LogP contribution >= 0.6 is 0 Å². The molecule has 0 saturated carbocycles. The first kappa shape index (κ1) is 12.7. The number of aryl methyl sites for hydroxylation is 1. The van der Waals surface area contributed by atoms with Crippen molar-refractivity contribution >= 4 is 16.7 Å². The molecule has 0 bridgehead atoms. The van der Waals surface area contributed by atoms with Gasteiger partial charge < -0.3 is 4.90 Å². The Morgan fingerprint density at radius 3 is 2.35 bits per heavy atom. The van der Waals surface area contributed by atoms with Gasteiger partial charge >= 0.3 is 11.3 Å². The van der Waals surface area contributed by atoms with Crippen molar-refractivity contribution in [3.63, 3.8) is 0 Å². The highest BCUT2D eigenvalue weighted by Crippen LogP contribution is 2.29. The molecule has 100 valence electrons. The molecule has 0 saturated heterocycles. The molecule has 0 N–H and O–H groups in total. The highest BCUT2D eigenvalue weighted by Gasteiger charge is 2.17. The summed E-state index contributed by atoms with van der Waals surface area (Å²) >= 11 is 0. The summed E-state index contributed by atoms with van der Waals surface area (Å²) in [7, 11) is 4.10. The predicted octanol–water partition coefficient (Wildman–Crippen LogP) is 4.76. The van der Waals surface area contributed by atoms with Crippen molar-refractivity contribution < 1.29 is 4.42 Å². The Kier molecular flexibility index (Phi) is 3.15. The standard InChI is InChI=1S/C18H18NO/c1-13-11-18(14-7-5-4-6-8-14)20-17-10-9-15(19(2)3)12-16(13)17/h4-12H,1-3H3/q+1. The van der Waals surface area contributed by atoms with E-state index in [9.17, 15) is 0 Å². The second kappa shape index (κ2) is 4.97. The molecular formula is C18H18NO+. The molecule has 0 spiro atoms. The van der Waals surface area contributed by atoms with Gasteiger partial charge in [-0.15, -0.1) is 0 Å². The third kappa shape index (κ3) is 2.25. The van der Waals surface area contributed by atoms with E-state index in [-0.39, 0.29) is 0 Å². The minimum atomic E-state index is 0.910. The van der Waals surface area contributed by atoms with E-state index >= 15 is 0 Å². The molecule has 0 atom stereocenters. The van der Waals surface area contributed by atoms with E-state index < -0.39 is 0 Å². The SMILES string of the molecule is Cc1cc(-c2ccccc2)[o+]c2ccc(N(C)C)cc12. The van der Waals surface area contributed by atoms with Crippen LogP contribution in [-0.4, -0.2) is 14.1 Å². The Morgan fingerprint density at radius 2 is 1.65 bits per heavy atom. The molecule has 2 heteroatoms. The van der Waals surface area contributed by atoms with Crippen LogP contribution in [0.15, 0.2) is 59.0 Å². The molecule has 3 aromatic rings. The van der Waals surface area contributed by atoms with Gasteiger partial charge in [-0.25, -0.2) is 4.42 Å². The Bertz CT molecular complexity index is 748. The van der Waals surface area contributed by atoms with Crippen molar-refractivity contribution in [1.29, 1.82) is 0 Å². The molecule has 0 amide bonds. The fourth-order valence-electron chi connectivity index (χ4n) is 2.36. The lowest BCUT2D eigenvalue weighted by Gasteiger charge is -2.11. The van der Waals surface area contributed by atoms with Crippen molar-refractivity contribution in [2.24, 2.45) is 0 Å². The highest BCUT2D eigenvalue weighted by atomic mass is 16.3. The molecule has 2 aromatic carbocycles. The fraction of sp³-hybridized carbons (Fsp3) is 0.167. The van der Waals surface area contributed by atoms with E-state index in [1.165, 1.54) is 11.3 Å². The van der Waals surface area contributed by atoms with Crippen molar-refractivity contribution in [1.82, 2.24) is 0 Å². The third-order valence-electron chi connectivity index (χ3n) is 3.53. The molecule has 2 nitrogen and oxygen atoms in total. The third-order valence-corrected chi connectivity index (χ3v) is 3.53. The molecule has 0 aliphatic rings. The summed E-state index contributed by atoms with van der Waals surface area (Å²) in [6.45, 7) is 2.13. The van der Waals surface area contributed by atoms with Crippen LogP contribution in [-0.2, 0) is 0 Å². The zero-order valence-electron chi connectivity index (χ0n) is 12.1. The van der Waals surface area contributed by atoms with Crippen molar-refractivity contribution in [3.05, 3.63) is 60.2 Å². The number of fused-ring (bicyclic) bond motifs is 1. The number of hydrogen-bond donors (Lipinski definition) is 0. The van der Waals surface area contributed by atoms with E-state index in [1.807, 2.05) is 38.4 Å². The number of hydrogen-bond acceptors (Lipinski definition) is 1. The molecule has 1 heterocycles. The molecule has 0 aliphatic carbocycles. The first-order valence-electron chi connectivity index (χ1n) is 6.75. The van der Waals surface area contributed by atoms with Crippen LogP contribution in [0.5, 0.6) is 0 Å². The molecular weight excluding hydrogens is 246 g/mol. The second-order valence-corrected chi connectivity index (χ2v) is 5.23. The molecule has 20 heavy (non-hydrogen) atoms. The van der Waals surface area contributed by atoms with Crippen molar-refractivity contribution in [2.75, 3.05) is 19.0 Å². The summed E-state index contributed by atoms with van der Waals surface area (Å²) in [5, 5.41) is 1.16. The zero-order valence-corrected chi connectivity index (χ0v) is 12.1. The summed E-state index contributed by atoms with van der Waals surface area (Å²) in [6, 6.07) is 18.6. The van der Waals surface area contributed by atoms with Crippen molar-refractivity contribution in [2.45, 2.75) is 6.92 Å². The molecule has 1 aromatic heterocycles. The van der Waals surface area contributed by atoms with Crippen molar-refractivity contribution in [3.8, 4) is 11.3 Å². The lowest BCUT2D eigenvalue weighted by molar-refractivity contribution is 0.619. The van der Waals surface area contributed by atoms with Gasteiger partial charge in [0.05, 0.1) is 10.9 Å². The van der Waals surface area contributed by atoms with Crippen LogP contribution in [0.3, 0.4) is 0 Å². The molecule has 3 rings (SSSR count). The smallest absolute Gasteiger partial charge is 0.361 e. The van der Waals surface area contributed by atoms with Crippen LogP contribution in [0.2, 0.25) is 0 Å². The topological polar surface area (TPSA) is 14.5 Å². The normalized spacial score (nSPS) is 10.8. The van der Waals surface area contributed by atoms with Gasteiger partial charge in [-0.05, 0) is 36.8 Å². The van der Waals surface area contributed by atoms with Gasteiger partial charge in [0.25, 0.3) is 0 Å². The largest absolute Gasteiger partial charge is 0.378 e. The number of nitrogens with zero attached hydrogens (tertiary/aromatic N) is 1. The number of rotatable bonds is 2. The zero-order chi connectivity index (χ0) is 14.1. The quantitative estimate of drug-likeness (QED) is 0.620. The van der Waals surface area contributed by atoms with E-state index in [0.29, 0.717) is 0 Å². The van der Waals surface area contributed by atoms with Gasteiger partial charge in [-0.2, -0.15) is 0 Å². The summed E-state index contributed by atoms with van der Waals surface area (Å²) in [5.74, 6) is 0.910. The Balaban J connectivity index is 2.18. The molecule has 0 unspecified atom stereocenters. The van der Waals surface area contributed by atoms with Gasteiger partial charge in [-0.3, -0.25) is 0 Å². The lowest BCUT2D eigenvalue weighted by Crippen LogP contribution is -2.08. The summed E-state index contributed by atoms with van der Waals surface area (Å²) in [6.07, 6.45) is 0. The van der Waals surface area contributed by atoms with Gasteiger partial charge in [0.1, 0.15) is 0 Å². The van der Waals surface area contributed by atoms with Crippen LogP contribution in [0, 0.1) is 6.92 Å². The monoisotopic (exact) mass is 264 g/mol. The Labute approximate surface area is 119 Å². The number of benzene rings is 2.